The fourth-order valence-electron chi connectivity index (χ4n) is 1.49. The number of carbonyl (C=O) groups is 3. The summed E-state index contributed by atoms with van der Waals surface area (Å²) in [4.78, 5) is 33.3. The number of sulfonamides is 1. The largest absolute Gasteiger partial charge is 0.480 e. The van der Waals surface area contributed by atoms with Crippen molar-refractivity contribution < 1.29 is 27.9 Å². The van der Waals surface area contributed by atoms with Gasteiger partial charge in [-0.1, -0.05) is 6.92 Å². The van der Waals surface area contributed by atoms with E-state index < -0.39 is 39.9 Å². The third-order valence-corrected chi connectivity index (χ3v) is 4.17. The lowest BCUT2D eigenvalue weighted by atomic mass is 10.1. The van der Waals surface area contributed by atoms with Crippen molar-refractivity contribution in [3.63, 3.8) is 0 Å². The van der Waals surface area contributed by atoms with Gasteiger partial charge >= 0.3 is 5.97 Å². The molecule has 21 heavy (non-hydrogen) atoms. The van der Waals surface area contributed by atoms with E-state index >= 15 is 0 Å². The lowest BCUT2D eigenvalue weighted by Gasteiger charge is -2.18. The van der Waals surface area contributed by atoms with Gasteiger partial charge in [-0.2, -0.15) is 0 Å². The van der Waals surface area contributed by atoms with Gasteiger partial charge in [0.1, 0.15) is 6.04 Å². The van der Waals surface area contributed by atoms with Crippen molar-refractivity contribution in [2.75, 3.05) is 5.75 Å². The van der Waals surface area contributed by atoms with Gasteiger partial charge in [-0.15, -0.1) is 0 Å². The SMILES string of the molecule is CCCS(=O)(=O)NC(C)C(=O)N[C@H](CCC(N)=O)C(=O)O. The fourth-order valence-corrected chi connectivity index (χ4v) is 2.79. The van der Waals surface area contributed by atoms with Crippen molar-refractivity contribution in [1.29, 1.82) is 0 Å². The molecular weight excluding hydrogens is 302 g/mol. The van der Waals surface area contributed by atoms with Crippen LogP contribution in [0.5, 0.6) is 0 Å². The van der Waals surface area contributed by atoms with Crippen LogP contribution in [-0.4, -0.2) is 49.1 Å². The summed E-state index contributed by atoms with van der Waals surface area (Å²) in [5.41, 5.74) is 4.91. The van der Waals surface area contributed by atoms with E-state index in [4.69, 9.17) is 10.8 Å². The van der Waals surface area contributed by atoms with E-state index in [1.165, 1.54) is 6.92 Å². The van der Waals surface area contributed by atoms with Crippen molar-refractivity contribution in [2.45, 2.75) is 45.2 Å². The number of hydrogen-bond acceptors (Lipinski definition) is 5. The van der Waals surface area contributed by atoms with Crippen LogP contribution >= 0.6 is 0 Å². The number of primary amides is 1. The first-order chi connectivity index (χ1) is 9.59. The molecule has 2 amide bonds. The Morgan fingerprint density at radius 2 is 1.86 bits per heavy atom. The van der Waals surface area contributed by atoms with Crippen LogP contribution < -0.4 is 15.8 Å². The number of aliphatic carboxylic acids is 1. The van der Waals surface area contributed by atoms with Gasteiger partial charge in [0.25, 0.3) is 0 Å². The number of carboxylic acids is 1. The van der Waals surface area contributed by atoms with Crippen LogP contribution in [0.15, 0.2) is 0 Å². The Hall–Kier alpha value is -1.68. The Balaban J connectivity index is 4.61. The van der Waals surface area contributed by atoms with E-state index in [9.17, 15) is 22.8 Å². The van der Waals surface area contributed by atoms with E-state index in [-0.39, 0.29) is 18.6 Å². The lowest BCUT2D eigenvalue weighted by molar-refractivity contribution is -0.142. The Morgan fingerprint density at radius 3 is 2.29 bits per heavy atom. The summed E-state index contributed by atoms with van der Waals surface area (Å²) < 4.78 is 25.2. The molecule has 2 atom stereocenters. The van der Waals surface area contributed by atoms with E-state index in [1.807, 2.05) is 0 Å². The van der Waals surface area contributed by atoms with Crippen molar-refractivity contribution in [2.24, 2.45) is 5.73 Å². The normalized spacial score (nSPS) is 14.2. The Bertz CT molecular complexity index is 490. The van der Waals surface area contributed by atoms with E-state index in [2.05, 4.69) is 10.0 Å². The zero-order chi connectivity index (χ0) is 16.6. The van der Waals surface area contributed by atoms with Crippen LogP contribution in [0.4, 0.5) is 0 Å². The van der Waals surface area contributed by atoms with Gasteiger partial charge in [0.05, 0.1) is 11.8 Å². The molecule has 0 aromatic heterocycles. The average Bonchev–Trinajstić information content (AvgIpc) is 2.32. The number of hydrogen-bond donors (Lipinski definition) is 4. The van der Waals surface area contributed by atoms with Gasteiger partial charge in [-0.05, 0) is 19.8 Å². The van der Waals surface area contributed by atoms with Crippen LogP contribution in [0.25, 0.3) is 0 Å². The molecule has 0 aromatic rings. The van der Waals surface area contributed by atoms with Crippen LogP contribution in [0.2, 0.25) is 0 Å². The summed E-state index contributed by atoms with van der Waals surface area (Å²) in [6.07, 6.45) is 0.0259. The molecule has 0 aliphatic carbocycles. The van der Waals surface area contributed by atoms with Gasteiger partial charge in [0, 0.05) is 6.42 Å². The number of nitrogens with two attached hydrogens (primary N) is 1. The first-order valence-corrected chi connectivity index (χ1v) is 8.05. The molecule has 0 radical (unpaired) electrons. The van der Waals surface area contributed by atoms with Crippen LogP contribution in [-0.2, 0) is 24.4 Å². The van der Waals surface area contributed by atoms with Gasteiger partial charge in [-0.3, -0.25) is 9.59 Å². The average molecular weight is 323 g/mol. The minimum atomic E-state index is -3.59. The van der Waals surface area contributed by atoms with Crippen molar-refractivity contribution >= 4 is 27.8 Å². The Labute approximate surface area is 123 Å². The maximum Gasteiger partial charge on any atom is 0.326 e. The summed E-state index contributed by atoms with van der Waals surface area (Å²) in [5.74, 6) is -2.93. The Morgan fingerprint density at radius 1 is 1.29 bits per heavy atom. The molecule has 0 aliphatic heterocycles. The van der Waals surface area contributed by atoms with Crippen molar-refractivity contribution in [3.8, 4) is 0 Å². The van der Waals surface area contributed by atoms with Gasteiger partial charge in [-0.25, -0.2) is 17.9 Å². The molecule has 9 nitrogen and oxygen atoms in total. The maximum absolute atomic E-state index is 11.8. The first kappa shape index (κ1) is 19.3. The maximum atomic E-state index is 11.8. The molecule has 0 rings (SSSR count). The molecule has 1 unspecified atom stereocenters. The molecule has 122 valence electrons. The van der Waals surface area contributed by atoms with Crippen LogP contribution in [0.1, 0.15) is 33.1 Å². The van der Waals surface area contributed by atoms with Gasteiger partial charge in [0.15, 0.2) is 0 Å². The standard InChI is InChI=1S/C11H21N3O6S/c1-3-6-21(19,20)14-7(2)10(16)13-8(11(17)18)4-5-9(12)15/h7-8,14H,3-6H2,1-2H3,(H2,12,15)(H,13,16)(H,17,18)/t7?,8-/m1/s1. The summed E-state index contributed by atoms with van der Waals surface area (Å²) in [5, 5.41) is 11.1. The number of carboxylic acid groups (broad SMARTS) is 1. The van der Waals surface area contributed by atoms with Crippen molar-refractivity contribution in [1.82, 2.24) is 10.0 Å². The highest BCUT2D eigenvalue weighted by Gasteiger charge is 2.25. The second-order valence-corrected chi connectivity index (χ2v) is 6.44. The molecule has 5 N–H and O–H groups in total. The van der Waals surface area contributed by atoms with Crippen LogP contribution in [0, 0.1) is 0 Å². The zero-order valence-corrected chi connectivity index (χ0v) is 12.8. The summed E-state index contributed by atoms with van der Waals surface area (Å²) >= 11 is 0. The molecule has 0 aromatic carbocycles. The van der Waals surface area contributed by atoms with Crippen LogP contribution in [0.3, 0.4) is 0 Å². The highest BCUT2D eigenvalue weighted by atomic mass is 32.2. The third kappa shape index (κ3) is 8.25. The smallest absolute Gasteiger partial charge is 0.326 e. The van der Waals surface area contributed by atoms with E-state index in [1.54, 1.807) is 6.92 Å². The molecule has 0 spiro atoms. The predicted octanol–water partition coefficient (Wildman–Crippen LogP) is -1.46. The highest BCUT2D eigenvalue weighted by Crippen LogP contribution is 1.99. The molecule has 0 saturated carbocycles. The summed E-state index contributed by atoms with van der Waals surface area (Å²) in [6.45, 7) is 2.98. The topological polar surface area (TPSA) is 156 Å². The van der Waals surface area contributed by atoms with E-state index in [0.717, 1.165) is 0 Å². The fraction of sp³-hybridized carbons (Fsp3) is 0.727. The molecule has 10 heteroatoms. The number of rotatable bonds is 10. The second-order valence-electron chi connectivity index (χ2n) is 4.56. The van der Waals surface area contributed by atoms with Gasteiger partial charge < -0.3 is 16.2 Å². The number of amides is 2. The van der Waals surface area contributed by atoms with Crippen molar-refractivity contribution in [3.05, 3.63) is 0 Å². The second kappa shape index (κ2) is 8.57. The minimum absolute atomic E-state index is 0.130. The molecule has 0 saturated heterocycles. The molecule has 0 fully saturated rings. The number of nitrogens with one attached hydrogen (secondary N) is 2. The lowest BCUT2D eigenvalue weighted by Crippen LogP contribution is -2.50. The zero-order valence-electron chi connectivity index (χ0n) is 12.0. The molecule has 0 aliphatic rings. The quantitative estimate of drug-likeness (QED) is 0.385. The van der Waals surface area contributed by atoms with Gasteiger partial charge in [0.2, 0.25) is 21.8 Å². The summed E-state index contributed by atoms with van der Waals surface area (Å²) in [7, 11) is -3.59. The molecule has 0 bridgehead atoms. The number of carbonyl (C=O) groups excluding carboxylic acids is 2. The predicted molar refractivity (Wildman–Crippen MR) is 74.7 cm³/mol. The highest BCUT2D eigenvalue weighted by molar-refractivity contribution is 7.89. The minimum Gasteiger partial charge on any atom is -0.480 e. The molecular formula is C11H21N3O6S. The van der Waals surface area contributed by atoms with E-state index in [0.29, 0.717) is 6.42 Å². The summed E-state index contributed by atoms with van der Waals surface area (Å²) in [6, 6.07) is -2.42. The monoisotopic (exact) mass is 323 g/mol. The third-order valence-electron chi connectivity index (χ3n) is 2.52. The molecule has 0 heterocycles. The first-order valence-electron chi connectivity index (χ1n) is 6.40. The Kier molecular flexibility index (Phi) is 7.89.